The van der Waals surface area contributed by atoms with Crippen LogP contribution >= 0.6 is 11.8 Å². The van der Waals surface area contributed by atoms with Gasteiger partial charge in [-0.1, -0.05) is 12.1 Å². The van der Waals surface area contributed by atoms with Gasteiger partial charge in [-0.25, -0.2) is 8.42 Å². The molecular weight excluding hydrogens is 450 g/mol. The minimum Gasteiger partial charge on any atom is -0.490 e. The summed E-state index contributed by atoms with van der Waals surface area (Å²) in [5.74, 6) is 1.05. The lowest BCUT2D eigenvalue weighted by Gasteiger charge is -2.22. The molecular formula is C22H21N3O5S2. The van der Waals surface area contributed by atoms with E-state index in [4.69, 9.17) is 9.15 Å². The zero-order chi connectivity index (χ0) is 22.5. The Morgan fingerprint density at radius 2 is 2.16 bits per heavy atom. The first-order valence-corrected chi connectivity index (χ1v) is 12.7. The van der Waals surface area contributed by atoms with Crippen LogP contribution in [0.4, 0.5) is 5.69 Å². The van der Waals surface area contributed by atoms with Crippen molar-refractivity contribution in [3.63, 3.8) is 0 Å². The summed E-state index contributed by atoms with van der Waals surface area (Å²) < 4.78 is 39.0. The molecule has 8 nitrogen and oxygen atoms in total. The van der Waals surface area contributed by atoms with Gasteiger partial charge in [0.2, 0.25) is 0 Å². The topological polar surface area (TPSA) is 101 Å². The standard InChI is InChI=1S/C22H21N3O5S2/c1-3-29-17-6-4-5-14-11-18(30-20(14)17)13(2)23-21(26)15-7-8-16-19(12-15)31-22-24-32(27,28)10-9-25(16)22/h4-8,11-13H,3,9-10H2,1-2H3,(H,23,26). The van der Waals surface area contributed by atoms with E-state index in [0.717, 1.165) is 16.0 Å². The zero-order valence-electron chi connectivity index (χ0n) is 17.5. The van der Waals surface area contributed by atoms with Crippen molar-refractivity contribution in [1.82, 2.24) is 5.32 Å². The number of amides is 1. The van der Waals surface area contributed by atoms with E-state index < -0.39 is 10.0 Å². The number of anilines is 1. The van der Waals surface area contributed by atoms with Crippen LogP contribution in [0, 0.1) is 0 Å². The van der Waals surface area contributed by atoms with Gasteiger partial charge in [0.05, 0.1) is 24.1 Å². The summed E-state index contributed by atoms with van der Waals surface area (Å²) >= 11 is 1.26. The van der Waals surface area contributed by atoms with Crippen LogP contribution in [0.15, 0.2) is 56.2 Å². The molecule has 1 atom stereocenters. The Labute approximate surface area is 189 Å². The number of fused-ring (bicyclic) bond motifs is 4. The molecule has 166 valence electrons. The molecule has 0 fully saturated rings. The van der Waals surface area contributed by atoms with Gasteiger partial charge in [0.1, 0.15) is 5.76 Å². The van der Waals surface area contributed by atoms with Crippen LogP contribution in [0.25, 0.3) is 11.0 Å². The van der Waals surface area contributed by atoms with Crippen LogP contribution in [0.1, 0.15) is 36.0 Å². The van der Waals surface area contributed by atoms with Crippen molar-refractivity contribution in [3.05, 3.63) is 53.8 Å². The zero-order valence-corrected chi connectivity index (χ0v) is 19.1. The van der Waals surface area contributed by atoms with E-state index in [-0.39, 0.29) is 17.7 Å². The number of hydrogen-bond donors (Lipinski definition) is 1. The number of carbonyl (C=O) groups excluding carboxylic acids is 1. The summed E-state index contributed by atoms with van der Waals surface area (Å²) in [4.78, 5) is 15.6. The molecule has 5 rings (SSSR count). The van der Waals surface area contributed by atoms with Crippen LogP contribution in [-0.2, 0) is 10.0 Å². The van der Waals surface area contributed by atoms with Crippen LogP contribution in [0.5, 0.6) is 5.75 Å². The molecule has 32 heavy (non-hydrogen) atoms. The number of benzene rings is 2. The van der Waals surface area contributed by atoms with Crippen LogP contribution in [-0.4, -0.2) is 38.4 Å². The van der Waals surface area contributed by atoms with E-state index in [1.165, 1.54) is 11.8 Å². The lowest BCUT2D eigenvalue weighted by Crippen LogP contribution is -2.35. The van der Waals surface area contributed by atoms with Crippen molar-refractivity contribution in [2.45, 2.75) is 24.8 Å². The fourth-order valence-electron chi connectivity index (χ4n) is 3.76. The van der Waals surface area contributed by atoms with E-state index >= 15 is 0 Å². The lowest BCUT2D eigenvalue weighted by molar-refractivity contribution is 0.0935. The van der Waals surface area contributed by atoms with Crippen molar-refractivity contribution < 1.29 is 22.4 Å². The fraction of sp³-hybridized carbons (Fsp3) is 0.273. The van der Waals surface area contributed by atoms with Gasteiger partial charge in [0.15, 0.2) is 16.5 Å². The highest BCUT2D eigenvalue weighted by molar-refractivity contribution is 8.15. The number of para-hydroxylation sites is 1. The Morgan fingerprint density at radius 1 is 1.31 bits per heavy atom. The Morgan fingerprint density at radius 3 is 2.97 bits per heavy atom. The number of ether oxygens (including phenoxy) is 1. The lowest BCUT2D eigenvalue weighted by atomic mass is 10.1. The Kier molecular flexibility index (Phi) is 5.13. The molecule has 0 saturated carbocycles. The molecule has 1 aromatic heterocycles. The molecule has 3 heterocycles. The van der Waals surface area contributed by atoms with Crippen LogP contribution < -0.4 is 15.0 Å². The third kappa shape index (κ3) is 3.73. The van der Waals surface area contributed by atoms with E-state index in [1.807, 2.05) is 49.1 Å². The predicted molar refractivity (Wildman–Crippen MR) is 124 cm³/mol. The minimum absolute atomic E-state index is 0.0151. The van der Waals surface area contributed by atoms with Gasteiger partial charge < -0.3 is 19.4 Å². The van der Waals surface area contributed by atoms with Crippen molar-refractivity contribution in [1.29, 1.82) is 0 Å². The number of nitrogens with zero attached hydrogens (tertiary/aromatic N) is 2. The monoisotopic (exact) mass is 471 g/mol. The first-order chi connectivity index (χ1) is 15.3. The van der Waals surface area contributed by atoms with Gasteiger partial charge in [-0.15, -0.1) is 4.40 Å². The van der Waals surface area contributed by atoms with Gasteiger partial charge >= 0.3 is 0 Å². The van der Waals surface area contributed by atoms with Crippen molar-refractivity contribution in [2.24, 2.45) is 4.40 Å². The quantitative estimate of drug-likeness (QED) is 0.602. The van der Waals surface area contributed by atoms with E-state index in [0.29, 0.717) is 41.0 Å². The molecule has 0 aliphatic carbocycles. The number of hydrogen-bond acceptors (Lipinski definition) is 7. The van der Waals surface area contributed by atoms with E-state index in [2.05, 4.69) is 9.71 Å². The second-order valence-electron chi connectivity index (χ2n) is 7.55. The predicted octanol–water partition coefficient (Wildman–Crippen LogP) is 3.93. The molecule has 0 spiro atoms. The molecule has 0 bridgehead atoms. The maximum Gasteiger partial charge on any atom is 0.257 e. The Balaban J connectivity index is 1.35. The molecule has 2 aliphatic rings. The normalized spacial score (nSPS) is 17.4. The number of rotatable bonds is 5. The summed E-state index contributed by atoms with van der Waals surface area (Å²) in [5, 5.41) is 4.31. The van der Waals surface area contributed by atoms with Crippen molar-refractivity contribution >= 4 is 49.5 Å². The summed E-state index contributed by atoms with van der Waals surface area (Å²) in [6.07, 6.45) is 0. The molecule has 0 radical (unpaired) electrons. The highest BCUT2D eigenvalue weighted by atomic mass is 32.2. The molecule has 1 amide bonds. The minimum atomic E-state index is -3.42. The SMILES string of the molecule is CCOc1cccc2cc(C(C)NC(=O)c3ccc4c(c3)SC3=NS(=O)(=O)CCN34)oc12. The summed E-state index contributed by atoms with van der Waals surface area (Å²) in [7, 11) is -3.42. The highest BCUT2D eigenvalue weighted by Gasteiger charge is 2.33. The maximum absolute atomic E-state index is 12.9. The van der Waals surface area contributed by atoms with Gasteiger partial charge in [-0.3, -0.25) is 4.79 Å². The molecule has 10 heteroatoms. The van der Waals surface area contributed by atoms with Crippen LogP contribution in [0.2, 0.25) is 0 Å². The van der Waals surface area contributed by atoms with Gasteiger partial charge in [-0.2, -0.15) is 0 Å². The number of nitrogens with one attached hydrogen (secondary N) is 1. The third-order valence-corrected chi connectivity index (χ3v) is 7.64. The smallest absolute Gasteiger partial charge is 0.257 e. The Bertz CT molecular complexity index is 1360. The number of sulfonamides is 1. The van der Waals surface area contributed by atoms with E-state index in [1.54, 1.807) is 12.1 Å². The van der Waals surface area contributed by atoms with Crippen LogP contribution in [0.3, 0.4) is 0 Å². The molecule has 1 unspecified atom stereocenters. The highest BCUT2D eigenvalue weighted by Crippen LogP contribution is 2.42. The summed E-state index contributed by atoms with van der Waals surface area (Å²) in [5.41, 5.74) is 2.01. The fourth-order valence-corrected chi connectivity index (χ4v) is 6.06. The number of furan rings is 1. The largest absolute Gasteiger partial charge is 0.490 e. The molecule has 0 saturated heterocycles. The van der Waals surface area contributed by atoms with Crippen molar-refractivity contribution in [2.75, 3.05) is 23.8 Å². The number of carbonyl (C=O) groups is 1. The summed E-state index contributed by atoms with van der Waals surface area (Å²) in [6.45, 7) is 4.67. The first-order valence-electron chi connectivity index (χ1n) is 10.2. The molecule has 2 aromatic carbocycles. The summed E-state index contributed by atoms with van der Waals surface area (Å²) in [6, 6.07) is 12.6. The van der Waals surface area contributed by atoms with E-state index in [9.17, 15) is 13.2 Å². The molecule has 2 aliphatic heterocycles. The van der Waals surface area contributed by atoms with Gasteiger partial charge in [-0.05, 0) is 55.9 Å². The average molecular weight is 472 g/mol. The average Bonchev–Trinajstić information content (AvgIpc) is 3.34. The first kappa shape index (κ1) is 20.9. The van der Waals surface area contributed by atoms with Gasteiger partial charge in [0.25, 0.3) is 15.9 Å². The molecule has 3 aromatic rings. The van der Waals surface area contributed by atoms with Gasteiger partial charge in [0, 0.05) is 22.4 Å². The third-order valence-electron chi connectivity index (χ3n) is 5.34. The number of amidine groups is 1. The number of thioether (sulfide) groups is 1. The second-order valence-corrected chi connectivity index (χ2v) is 10.3. The molecule has 1 N–H and O–H groups in total. The van der Waals surface area contributed by atoms with Crippen molar-refractivity contribution in [3.8, 4) is 5.75 Å². The Hall–Kier alpha value is -2.98. The maximum atomic E-state index is 12.9. The second kappa shape index (κ2) is 7.86.